The van der Waals surface area contributed by atoms with Gasteiger partial charge in [0, 0.05) is 49.5 Å². The molecule has 0 radical (unpaired) electrons. The molecule has 1 aliphatic rings. The van der Waals surface area contributed by atoms with Crippen LogP contribution in [0.15, 0.2) is 49.2 Å². The van der Waals surface area contributed by atoms with E-state index in [1.165, 1.54) is 0 Å². The highest BCUT2D eigenvalue weighted by molar-refractivity contribution is 5.94. The first-order chi connectivity index (χ1) is 11.8. The number of rotatable bonds is 3. The van der Waals surface area contributed by atoms with Gasteiger partial charge in [0.25, 0.3) is 5.91 Å². The van der Waals surface area contributed by atoms with E-state index >= 15 is 0 Å². The van der Waals surface area contributed by atoms with E-state index in [2.05, 4.69) is 25.3 Å². The number of amides is 1. The Kier molecular flexibility index (Phi) is 3.82. The maximum absolute atomic E-state index is 12.2. The van der Waals surface area contributed by atoms with E-state index in [1.807, 2.05) is 16.8 Å². The molecular formula is C17H18N6O. The molecule has 0 aliphatic carbocycles. The zero-order chi connectivity index (χ0) is 16.4. The van der Waals surface area contributed by atoms with E-state index in [1.54, 1.807) is 36.9 Å². The zero-order valence-corrected chi connectivity index (χ0v) is 13.2. The average molecular weight is 322 g/mol. The summed E-state index contributed by atoms with van der Waals surface area (Å²) in [6.07, 6.45) is 10.5. The van der Waals surface area contributed by atoms with Crippen LogP contribution in [0.5, 0.6) is 0 Å². The van der Waals surface area contributed by atoms with Crippen molar-refractivity contribution in [1.82, 2.24) is 24.9 Å². The third-order valence-corrected chi connectivity index (χ3v) is 4.38. The Hall–Kier alpha value is -2.96. The quantitative estimate of drug-likeness (QED) is 0.791. The van der Waals surface area contributed by atoms with Crippen LogP contribution in [0.2, 0.25) is 0 Å². The fourth-order valence-electron chi connectivity index (χ4n) is 3.09. The van der Waals surface area contributed by atoms with Gasteiger partial charge >= 0.3 is 0 Å². The van der Waals surface area contributed by atoms with Crippen LogP contribution in [0.25, 0.3) is 5.52 Å². The van der Waals surface area contributed by atoms with Gasteiger partial charge in [0.2, 0.25) is 0 Å². The minimum atomic E-state index is -0.0353. The summed E-state index contributed by atoms with van der Waals surface area (Å²) in [5, 5.41) is 7.36. The number of carbonyl (C=O) groups is 1. The van der Waals surface area contributed by atoms with Crippen molar-refractivity contribution in [2.24, 2.45) is 0 Å². The van der Waals surface area contributed by atoms with Crippen LogP contribution in [0.3, 0.4) is 0 Å². The molecule has 1 aliphatic heterocycles. The molecule has 0 saturated carbocycles. The molecule has 7 nitrogen and oxygen atoms in total. The third-order valence-electron chi connectivity index (χ3n) is 4.38. The van der Waals surface area contributed by atoms with Crippen LogP contribution in [0, 0.1) is 0 Å². The predicted molar refractivity (Wildman–Crippen MR) is 89.9 cm³/mol. The van der Waals surface area contributed by atoms with Crippen LogP contribution in [0.1, 0.15) is 23.2 Å². The molecule has 0 aromatic carbocycles. The average Bonchev–Trinajstić information content (AvgIpc) is 3.12. The Bertz CT molecular complexity index is 838. The summed E-state index contributed by atoms with van der Waals surface area (Å²) in [7, 11) is 0. The predicted octanol–water partition coefficient (Wildman–Crippen LogP) is 1.52. The SMILES string of the molecule is O=C(NC1CCN(c2nccn3nccc23)CC1)c1ccncc1. The Balaban J connectivity index is 1.40. The molecule has 1 saturated heterocycles. The number of fused-ring (bicyclic) bond motifs is 1. The van der Waals surface area contributed by atoms with Gasteiger partial charge in [0.05, 0.1) is 6.20 Å². The Morgan fingerprint density at radius 1 is 1.08 bits per heavy atom. The summed E-state index contributed by atoms with van der Waals surface area (Å²) in [4.78, 5) is 22.9. The smallest absolute Gasteiger partial charge is 0.251 e. The lowest BCUT2D eigenvalue weighted by atomic mass is 10.0. The fourth-order valence-corrected chi connectivity index (χ4v) is 3.09. The van der Waals surface area contributed by atoms with E-state index < -0.39 is 0 Å². The van der Waals surface area contributed by atoms with Gasteiger partial charge in [-0.3, -0.25) is 9.78 Å². The van der Waals surface area contributed by atoms with Crippen LogP contribution >= 0.6 is 0 Å². The van der Waals surface area contributed by atoms with E-state index in [4.69, 9.17) is 0 Å². The molecule has 3 aromatic rings. The van der Waals surface area contributed by atoms with Gasteiger partial charge in [-0.05, 0) is 31.0 Å². The second kappa shape index (κ2) is 6.27. The highest BCUT2D eigenvalue weighted by atomic mass is 16.1. The molecule has 4 heterocycles. The summed E-state index contributed by atoms with van der Waals surface area (Å²) in [5.41, 5.74) is 1.66. The second-order valence-electron chi connectivity index (χ2n) is 5.88. The van der Waals surface area contributed by atoms with E-state index in [0.717, 1.165) is 37.3 Å². The topological polar surface area (TPSA) is 75.4 Å². The highest BCUT2D eigenvalue weighted by Crippen LogP contribution is 2.22. The molecule has 1 fully saturated rings. The monoisotopic (exact) mass is 322 g/mol. The number of anilines is 1. The van der Waals surface area contributed by atoms with Gasteiger partial charge in [-0.1, -0.05) is 0 Å². The minimum absolute atomic E-state index is 0.0353. The normalized spacial score (nSPS) is 15.6. The van der Waals surface area contributed by atoms with Crippen molar-refractivity contribution in [2.75, 3.05) is 18.0 Å². The lowest BCUT2D eigenvalue weighted by molar-refractivity contribution is 0.0931. The zero-order valence-electron chi connectivity index (χ0n) is 13.2. The number of piperidine rings is 1. The Labute approximate surface area is 139 Å². The van der Waals surface area contributed by atoms with Gasteiger partial charge in [-0.25, -0.2) is 9.50 Å². The van der Waals surface area contributed by atoms with Gasteiger partial charge in [-0.15, -0.1) is 0 Å². The molecular weight excluding hydrogens is 304 g/mol. The van der Waals surface area contributed by atoms with E-state index in [-0.39, 0.29) is 11.9 Å². The molecule has 7 heteroatoms. The highest BCUT2D eigenvalue weighted by Gasteiger charge is 2.23. The maximum atomic E-state index is 12.2. The first-order valence-corrected chi connectivity index (χ1v) is 8.05. The van der Waals surface area contributed by atoms with Crippen molar-refractivity contribution in [1.29, 1.82) is 0 Å². The van der Waals surface area contributed by atoms with Crippen LogP contribution in [-0.4, -0.2) is 44.6 Å². The van der Waals surface area contributed by atoms with Crippen molar-refractivity contribution in [2.45, 2.75) is 18.9 Å². The van der Waals surface area contributed by atoms with E-state index in [9.17, 15) is 4.79 Å². The lowest BCUT2D eigenvalue weighted by Crippen LogP contribution is -2.45. The van der Waals surface area contributed by atoms with Crippen LogP contribution in [0.4, 0.5) is 5.82 Å². The van der Waals surface area contributed by atoms with Crippen molar-refractivity contribution in [3.8, 4) is 0 Å². The number of carbonyl (C=O) groups excluding carboxylic acids is 1. The molecule has 0 unspecified atom stereocenters. The molecule has 0 atom stereocenters. The van der Waals surface area contributed by atoms with Crippen LogP contribution < -0.4 is 10.2 Å². The first kappa shape index (κ1) is 14.6. The minimum Gasteiger partial charge on any atom is -0.355 e. The molecule has 0 bridgehead atoms. The van der Waals surface area contributed by atoms with Crippen molar-refractivity contribution in [3.63, 3.8) is 0 Å². The summed E-state index contributed by atoms with van der Waals surface area (Å²) in [6.45, 7) is 1.72. The number of hydrogen-bond acceptors (Lipinski definition) is 5. The van der Waals surface area contributed by atoms with Crippen molar-refractivity contribution >= 4 is 17.2 Å². The van der Waals surface area contributed by atoms with E-state index in [0.29, 0.717) is 5.56 Å². The lowest BCUT2D eigenvalue weighted by Gasteiger charge is -2.33. The fraction of sp³-hybridized carbons (Fsp3) is 0.294. The first-order valence-electron chi connectivity index (χ1n) is 8.05. The van der Waals surface area contributed by atoms with Gasteiger partial charge in [-0.2, -0.15) is 5.10 Å². The number of nitrogens with zero attached hydrogens (tertiary/aromatic N) is 5. The van der Waals surface area contributed by atoms with Crippen molar-refractivity contribution < 1.29 is 4.79 Å². The summed E-state index contributed by atoms with van der Waals surface area (Å²) in [5.74, 6) is 0.917. The van der Waals surface area contributed by atoms with Crippen LogP contribution in [-0.2, 0) is 0 Å². The molecule has 0 spiro atoms. The van der Waals surface area contributed by atoms with Crippen molar-refractivity contribution in [3.05, 3.63) is 54.7 Å². The summed E-state index contributed by atoms with van der Waals surface area (Å²) >= 11 is 0. The largest absolute Gasteiger partial charge is 0.355 e. The molecule has 3 aromatic heterocycles. The number of aromatic nitrogens is 4. The van der Waals surface area contributed by atoms with Gasteiger partial charge < -0.3 is 10.2 Å². The molecule has 4 rings (SSSR count). The standard InChI is InChI=1S/C17H18N6O/c24-17(13-1-6-18-7-2-13)21-14-4-10-22(11-5-14)16-15-3-8-20-23(15)12-9-19-16/h1-3,6-9,12,14H,4-5,10-11H2,(H,21,24). The van der Waals surface area contributed by atoms with Gasteiger partial charge in [0.15, 0.2) is 5.82 Å². The third kappa shape index (κ3) is 2.80. The molecule has 24 heavy (non-hydrogen) atoms. The molecule has 122 valence electrons. The summed E-state index contributed by atoms with van der Waals surface area (Å²) in [6, 6.07) is 5.62. The Morgan fingerprint density at radius 2 is 1.88 bits per heavy atom. The molecule has 1 N–H and O–H groups in total. The summed E-state index contributed by atoms with van der Waals surface area (Å²) < 4.78 is 1.83. The Morgan fingerprint density at radius 3 is 2.67 bits per heavy atom. The second-order valence-corrected chi connectivity index (χ2v) is 5.88. The number of nitrogens with one attached hydrogen (secondary N) is 1. The maximum Gasteiger partial charge on any atom is 0.251 e. The van der Waals surface area contributed by atoms with Gasteiger partial charge in [0.1, 0.15) is 5.52 Å². The number of hydrogen-bond donors (Lipinski definition) is 1. The molecule has 1 amide bonds. The number of pyridine rings is 1.